The molecule has 4 rings (SSSR count). The van der Waals surface area contributed by atoms with Crippen molar-refractivity contribution in [1.82, 2.24) is 9.21 Å². The van der Waals surface area contributed by atoms with Crippen molar-refractivity contribution in [1.29, 1.82) is 0 Å². The molecule has 2 aliphatic heterocycles. The Hall–Kier alpha value is -1.55. The maximum atomic E-state index is 14.7. The number of hydrogen-bond acceptors (Lipinski definition) is 4. The number of rotatable bonds is 5. The van der Waals surface area contributed by atoms with Gasteiger partial charge >= 0.3 is 0 Å². The van der Waals surface area contributed by atoms with Crippen molar-refractivity contribution in [3.05, 3.63) is 63.9 Å². The van der Waals surface area contributed by atoms with E-state index >= 15 is 0 Å². The zero-order valence-corrected chi connectivity index (χ0v) is 18.0. The molecule has 5 nitrogen and oxygen atoms in total. The van der Waals surface area contributed by atoms with Crippen LogP contribution in [-0.4, -0.2) is 42.6 Å². The Labute approximate surface area is 173 Å². The highest BCUT2D eigenvalue weighted by molar-refractivity contribution is 14.1. The molecule has 2 heterocycles. The summed E-state index contributed by atoms with van der Waals surface area (Å²) in [7, 11) is -1.69. The van der Waals surface area contributed by atoms with Gasteiger partial charge in [-0.3, -0.25) is 0 Å². The topological polar surface area (TPSA) is 43.9 Å². The summed E-state index contributed by atoms with van der Waals surface area (Å²) in [6.45, 7) is 4.45. The van der Waals surface area contributed by atoms with Crippen molar-refractivity contribution in [2.24, 2.45) is 0 Å². The number of sulfonamides is 1. The summed E-state index contributed by atoms with van der Waals surface area (Å²) in [4.78, 5) is 3.71. The second-order valence-corrected chi connectivity index (χ2v) is 10.7. The third-order valence-corrected chi connectivity index (χ3v) is 8.63. The molecule has 1 saturated carbocycles. The summed E-state index contributed by atoms with van der Waals surface area (Å²) in [5.74, 6) is 0.360. The van der Waals surface area contributed by atoms with Crippen LogP contribution in [0.1, 0.15) is 19.3 Å². The van der Waals surface area contributed by atoms with Crippen LogP contribution in [0, 0.1) is 9.39 Å². The van der Waals surface area contributed by atoms with Crippen molar-refractivity contribution < 1.29 is 12.8 Å². The molecule has 0 amide bonds. The van der Waals surface area contributed by atoms with E-state index in [1.165, 1.54) is 10.4 Å². The Bertz CT molecular complexity index is 969. The first-order chi connectivity index (χ1) is 12.8. The molecule has 1 aromatic carbocycles. The van der Waals surface area contributed by atoms with Gasteiger partial charge in [-0.25, -0.2) is 17.1 Å². The summed E-state index contributed by atoms with van der Waals surface area (Å²) < 4.78 is 43.1. The minimum Gasteiger partial charge on any atom is -0.356 e. The van der Waals surface area contributed by atoms with Gasteiger partial charge < -0.3 is 9.80 Å². The van der Waals surface area contributed by atoms with Crippen molar-refractivity contribution in [3.8, 4) is 0 Å². The van der Waals surface area contributed by atoms with Crippen LogP contribution in [-0.2, 0) is 10.0 Å². The van der Waals surface area contributed by atoms with E-state index in [9.17, 15) is 12.8 Å². The van der Waals surface area contributed by atoms with Crippen LogP contribution in [0.15, 0.2) is 54.5 Å². The molecule has 0 N–H and O–H groups in total. The first kappa shape index (κ1) is 18.8. The summed E-state index contributed by atoms with van der Waals surface area (Å²) in [5.41, 5.74) is 0.994. The van der Waals surface area contributed by atoms with E-state index in [2.05, 4.69) is 29.2 Å². The third-order valence-electron chi connectivity index (χ3n) is 5.40. The quantitative estimate of drug-likeness (QED) is 0.457. The zero-order chi connectivity index (χ0) is 19.4. The van der Waals surface area contributed by atoms with Crippen LogP contribution in [0.3, 0.4) is 0 Å². The van der Waals surface area contributed by atoms with Crippen LogP contribution in [0.4, 0.5) is 10.1 Å². The third kappa shape index (κ3) is 2.88. The molecule has 1 aliphatic carbocycles. The molecule has 0 aromatic heterocycles. The number of allylic oxidation sites excluding steroid dienone is 2. The fourth-order valence-electron chi connectivity index (χ4n) is 3.79. The lowest BCUT2D eigenvalue weighted by Gasteiger charge is -2.30. The molecular weight excluding hydrogens is 480 g/mol. The van der Waals surface area contributed by atoms with Crippen molar-refractivity contribution >= 4 is 38.3 Å². The molecule has 0 unspecified atom stereocenters. The molecule has 0 bridgehead atoms. The normalized spacial score (nSPS) is 20.9. The highest BCUT2D eigenvalue weighted by Crippen LogP contribution is 2.51. The average Bonchev–Trinajstić information content (AvgIpc) is 3.29. The number of nitrogens with zero attached hydrogens (tertiary/aromatic N) is 3. The average molecular weight is 501 g/mol. The van der Waals surface area contributed by atoms with E-state index < -0.39 is 14.8 Å². The number of anilines is 1. The molecule has 0 radical (unpaired) electrons. The zero-order valence-electron chi connectivity index (χ0n) is 15.0. The molecule has 3 aliphatic rings. The second kappa shape index (κ2) is 6.51. The van der Waals surface area contributed by atoms with Crippen LogP contribution >= 0.6 is 22.6 Å². The Morgan fingerprint density at radius 1 is 1.37 bits per heavy atom. The molecule has 144 valence electrons. The van der Waals surface area contributed by atoms with E-state index in [-0.39, 0.29) is 12.5 Å². The Morgan fingerprint density at radius 3 is 2.74 bits per heavy atom. The predicted octanol–water partition coefficient (Wildman–Crippen LogP) is 3.62. The maximum absolute atomic E-state index is 14.7. The summed E-state index contributed by atoms with van der Waals surface area (Å²) in [6, 6.07) is 5.00. The first-order valence-corrected chi connectivity index (χ1v) is 11.3. The Kier molecular flexibility index (Phi) is 4.53. The lowest BCUT2D eigenvalue weighted by Crippen LogP contribution is -2.40. The van der Waals surface area contributed by atoms with Gasteiger partial charge in [0.2, 0.25) is 10.0 Å². The van der Waals surface area contributed by atoms with Crippen LogP contribution in [0.2, 0.25) is 0 Å². The van der Waals surface area contributed by atoms with Crippen LogP contribution < -0.4 is 4.90 Å². The van der Waals surface area contributed by atoms with Gasteiger partial charge in [-0.15, -0.1) is 6.58 Å². The number of halogens is 2. The van der Waals surface area contributed by atoms with Gasteiger partial charge in [0.25, 0.3) is 0 Å². The van der Waals surface area contributed by atoms with Gasteiger partial charge in [0, 0.05) is 17.2 Å². The van der Waals surface area contributed by atoms with E-state index in [1.54, 1.807) is 17.0 Å². The molecule has 27 heavy (non-hydrogen) atoms. The Morgan fingerprint density at radius 2 is 2.11 bits per heavy atom. The number of likely N-dealkylation sites (N-methyl/N-ethyl adjacent to an activating group) is 1. The molecule has 1 aromatic rings. The summed E-state index contributed by atoms with van der Waals surface area (Å²) in [6.07, 6.45) is 7.15. The molecule has 1 fully saturated rings. The first-order valence-electron chi connectivity index (χ1n) is 8.78. The lowest BCUT2D eigenvalue weighted by atomic mass is 10.2. The van der Waals surface area contributed by atoms with Crippen molar-refractivity contribution in [2.45, 2.75) is 24.0 Å². The van der Waals surface area contributed by atoms with Gasteiger partial charge in [-0.1, -0.05) is 12.2 Å². The number of hydrogen-bond donors (Lipinski definition) is 0. The number of benzene rings is 1. The van der Waals surface area contributed by atoms with E-state index in [0.717, 1.165) is 9.39 Å². The fraction of sp³-hybridized carbons (Fsp3) is 0.368. The highest BCUT2D eigenvalue weighted by atomic mass is 127. The summed E-state index contributed by atoms with van der Waals surface area (Å²) >= 11 is 2.06. The SMILES string of the molecule is C=CCC1(S(=O)(=O)N2CN(c3ccc(I)cc3F)C3=C2C=CCN3C)CC1. The van der Waals surface area contributed by atoms with Gasteiger partial charge in [0.1, 0.15) is 18.3 Å². The van der Waals surface area contributed by atoms with Gasteiger partial charge in [0.05, 0.1) is 16.1 Å². The smallest absolute Gasteiger partial charge is 0.242 e. The van der Waals surface area contributed by atoms with E-state index in [1.807, 2.05) is 30.2 Å². The van der Waals surface area contributed by atoms with Gasteiger partial charge in [-0.05, 0) is 66.1 Å². The lowest BCUT2D eigenvalue weighted by molar-refractivity contribution is 0.444. The molecular formula is C19H21FIN3O2S. The van der Waals surface area contributed by atoms with E-state index in [0.29, 0.717) is 37.2 Å². The van der Waals surface area contributed by atoms with Crippen molar-refractivity contribution in [2.75, 3.05) is 25.2 Å². The van der Waals surface area contributed by atoms with Crippen LogP contribution in [0.25, 0.3) is 0 Å². The standard InChI is InChI=1S/C19H21FIN3O2S/c1-3-8-19(9-10-19)27(25,26)24-13-23(16-7-6-14(21)12-15(16)20)18-17(24)5-4-11-22(18)2/h3-7,12H,1,8-11,13H2,2H3. The highest BCUT2D eigenvalue weighted by Gasteiger charge is 2.58. The Balaban J connectivity index is 1.80. The molecule has 0 spiro atoms. The minimum absolute atomic E-state index is 0.0814. The molecule has 0 atom stereocenters. The fourth-order valence-corrected chi connectivity index (χ4v) is 6.33. The predicted molar refractivity (Wildman–Crippen MR) is 113 cm³/mol. The summed E-state index contributed by atoms with van der Waals surface area (Å²) in [5, 5.41) is 0. The minimum atomic E-state index is -3.58. The van der Waals surface area contributed by atoms with Crippen LogP contribution in [0.5, 0.6) is 0 Å². The van der Waals surface area contributed by atoms with E-state index in [4.69, 9.17) is 0 Å². The molecule has 0 saturated heterocycles. The second-order valence-electron chi connectivity index (χ2n) is 7.19. The van der Waals surface area contributed by atoms with Gasteiger partial charge in [0.15, 0.2) is 0 Å². The monoisotopic (exact) mass is 501 g/mol. The molecule has 8 heteroatoms. The largest absolute Gasteiger partial charge is 0.356 e. The van der Waals surface area contributed by atoms with Gasteiger partial charge in [-0.2, -0.15) is 0 Å². The van der Waals surface area contributed by atoms with Crippen molar-refractivity contribution in [3.63, 3.8) is 0 Å². The maximum Gasteiger partial charge on any atom is 0.242 e.